The zero-order chi connectivity index (χ0) is 14.6. The highest BCUT2D eigenvalue weighted by atomic mass is 16.6. The van der Waals surface area contributed by atoms with E-state index >= 15 is 0 Å². The van der Waals surface area contributed by atoms with E-state index in [1.165, 1.54) is 13.2 Å². The van der Waals surface area contributed by atoms with Gasteiger partial charge in [-0.2, -0.15) is 0 Å². The summed E-state index contributed by atoms with van der Waals surface area (Å²) >= 11 is 0. The maximum absolute atomic E-state index is 11.0. The van der Waals surface area contributed by atoms with Crippen molar-refractivity contribution in [3.05, 3.63) is 33.9 Å². The van der Waals surface area contributed by atoms with Gasteiger partial charge in [-0.15, -0.1) is 0 Å². The number of rotatable bonds is 5. The largest absolute Gasteiger partial charge is 0.496 e. The molecule has 0 spiro atoms. The molecule has 6 heteroatoms. The second kappa shape index (κ2) is 6.19. The number of nitrogens with zero attached hydrogens (tertiary/aromatic N) is 1. The third-order valence-corrected chi connectivity index (χ3v) is 3.81. The summed E-state index contributed by atoms with van der Waals surface area (Å²) in [6, 6.07) is 4.85. The minimum atomic E-state index is -0.404. The summed E-state index contributed by atoms with van der Waals surface area (Å²) in [5, 5.41) is 11.0. The number of non-ortho nitro benzene ring substituents is 1. The SMILES string of the molecule is COc1cc(CC2(CN)CCCOC2)cc([N+](=O)[O-])c1. The average molecular weight is 280 g/mol. The first kappa shape index (κ1) is 14.7. The van der Waals surface area contributed by atoms with Crippen molar-refractivity contribution in [2.24, 2.45) is 11.1 Å². The number of benzene rings is 1. The maximum atomic E-state index is 11.0. The maximum Gasteiger partial charge on any atom is 0.273 e. The van der Waals surface area contributed by atoms with Crippen LogP contribution in [0.2, 0.25) is 0 Å². The Labute approximate surface area is 118 Å². The van der Waals surface area contributed by atoms with Crippen LogP contribution in [0, 0.1) is 15.5 Å². The second-order valence-electron chi connectivity index (χ2n) is 5.33. The van der Waals surface area contributed by atoms with Crippen LogP contribution in [-0.4, -0.2) is 31.8 Å². The van der Waals surface area contributed by atoms with Gasteiger partial charge in [-0.1, -0.05) is 0 Å². The molecule has 1 aromatic carbocycles. The van der Waals surface area contributed by atoms with Gasteiger partial charge < -0.3 is 15.2 Å². The molecular formula is C14H20N2O4. The number of nitro benzene ring substituents is 1. The molecular weight excluding hydrogens is 260 g/mol. The van der Waals surface area contributed by atoms with Crippen molar-refractivity contribution in [3.63, 3.8) is 0 Å². The highest BCUT2D eigenvalue weighted by molar-refractivity contribution is 5.43. The van der Waals surface area contributed by atoms with E-state index in [1.807, 2.05) is 6.07 Å². The first-order valence-corrected chi connectivity index (χ1v) is 6.69. The molecule has 0 aliphatic carbocycles. The molecule has 0 bridgehead atoms. The lowest BCUT2D eigenvalue weighted by Crippen LogP contribution is -2.40. The Kier molecular flexibility index (Phi) is 4.57. The van der Waals surface area contributed by atoms with Crippen molar-refractivity contribution in [1.82, 2.24) is 0 Å². The van der Waals surface area contributed by atoms with E-state index in [4.69, 9.17) is 15.2 Å². The summed E-state index contributed by atoms with van der Waals surface area (Å²) in [5.74, 6) is 0.498. The first-order chi connectivity index (χ1) is 9.58. The Bertz CT molecular complexity index is 484. The fourth-order valence-corrected chi connectivity index (χ4v) is 2.68. The Hall–Kier alpha value is -1.66. The Balaban J connectivity index is 2.27. The lowest BCUT2D eigenvalue weighted by atomic mass is 9.77. The molecule has 0 amide bonds. The molecule has 2 N–H and O–H groups in total. The lowest BCUT2D eigenvalue weighted by Gasteiger charge is -2.36. The minimum Gasteiger partial charge on any atom is -0.496 e. The Morgan fingerprint density at radius 3 is 2.85 bits per heavy atom. The highest BCUT2D eigenvalue weighted by Gasteiger charge is 2.32. The van der Waals surface area contributed by atoms with Crippen molar-refractivity contribution in [3.8, 4) is 5.75 Å². The molecule has 1 aromatic rings. The zero-order valence-corrected chi connectivity index (χ0v) is 11.6. The monoisotopic (exact) mass is 280 g/mol. The van der Waals surface area contributed by atoms with Gasteiger partial charge in [0.25, 0.3) is 5.69 Å². The number of nitrogens with two attached hydrogens (primary N) is 1. The van der Waals surface area contributed by atoms with Gasteiger partial charge in [0.15, 0.2) is 0 Å². The van der Waals surface area contributed by atoms with Crippen LogP contribution in [-0.2, 0) is 11.2 Å². The topological polar surface area (TPSA) is 87.6 Å². The van der Waals surface area contributed by atoms with Crippen molar-refractivity contribution >= 4 is 5.69 Å². The number of nitro groups is 1. The predicted octanol–water partition coefficient (Wildman–Crippen LogP) is 1.90. The third kappa shape index (κ3) is 3.26. The Morgan fingerprint density at radius 1 is 1.50 bits per heavy atom. The van der Waals surface area contributed by atoms with E-state index in [1.54, 1.807) is 6.07 Å². The van der Waals surface area contributed by atoms with Crippen LogP contribution >= 0.6 is 0 Å². The van der Waals surface area contributed by atoms with Gasteiger partial charge in [-0.25, -0.2) is 0 Å². The summed E-state index contributed by atoms with van der Waals surface area (Å²) in [6.45, 7) is 1.88. The summed E-state index contributed by atoms with van der Waals surface area (Å²) in [5.41, 5.74) is 6.70. The quantitative estimate of drug-likeness (QED) is 0.657. The molecule has 1 aliphatic heterocycles. The van der Waals surface area contributed by atoms with E-state index in [0.29, 0.717) is 25.3 Å². The van der Waals surface area contributed by atoms with Gasteiger partial charge in [0.2, 0.25) is 0 Å². The van der Waals surface area contributed by atoms with E-state index in [0.717, 1.165) is 25.0 Å². The molecule has 1 heterocycles. The molecule has 1 fully saturated rings. The van der Waals surface area contributed by atoms with Crippen LogP contribution in [0.4, 0.5) is 5.69 Å². The zero-order valence-electron chi connectivity index (χ0n) is 11.6. The summed E-state index contributed by atoms with van der Waals surface area (Å²) in [6.07, 6.45) is 2.62. The van der Waals surface area contributed by atoms with Crippen molar-refractivity contribution in [2.75, 3.05) is 26.9 Å². The molecule has 6 nitrogen and oxygen atoms in total. The van der Waals surface area contributed by atoms with Crippen LogP contribution in [0.1, 0.15) is 18.4 Å². The molecule has 1 unspecified atom stereocenters. The molecule has 20 heavy (non-hydrogen) atoms. The summed E-state index contributed by atoms with van der Waals surface area (Å²) in [7, 11) is 1.51. The van der Waals surface area contributed by atoms with Crippen LogP contribution in [0.15, 0.2) is 18.2 Å². The number of methoxy groups -OCH3 is 1. The molecule has 0 saturated carbocycles. The smallest absolute Gasteiger partial charge is 0.273 e. The average Bonchev–Trinajstić information content (AvgIpc) is 2.47. The highest BCUT2D eigenvalue weighted by Crippen LogP contribution is 2.33. The number of ether oxygens (including phenoxy) is 2. The number of hydrogen-bond donors (Lipinski definition) is 1. The van der Waals surface area contributed by atoms with E-state index in [-0.39, 0.29) is 11.1 Å². The molecule has 110 valence electrons. The minimum absolute atomic E-state index is 0.0447. The van der Waals surface area contributed by atoms with Gasteiger partial charge in [-0.3, -0.25) is 10.1 Å². The normalized spacial score (nSPS) is 22.5. The molecule has 1 atom stereocenters. The van der Waals surface area contributed by atoms with Gasteiger partial charge in [0.1, 0.15) is 5.75 Å². The molecule has 0 radical (unpaired) electrons. The fraction of sp³-hybridized carbons (Fsp3) is 0.571. The van der Waals surface area contributed by atoms with Crippen LogP contribution < -0.4 is 10.5 Å². The second-order valence-corrected chi connectivity index (χ2v) is 5.33. The fourth-order valence-electron chi connectivity index (χ4n) is 2.68. The van der Waals surface area contributed by atoms with E-state index in [9.17, 15) is 10.1 Å². The van der Waals surface area contributed by atoms with E-state index < -0.39 is 4.92 Å². The van der Waals surface area contributed by atoms with Crippen molar-refractivity contribution in [1.29, 1.82) is 0 Å². The molecule has 1 aliphatic rings. The van der Waals surface area contributed by atoms with Gasteiger partial charge >= 0.3 is 0 Å². The third-order valence-electron chi connectivity index (χ3n) is 3.81. The Morgan fingerprint density at radius 2 is 2.30 bits per heavy atom. The van der Waals surface area contributed by atoms with Crippen LogP contribution in [0.3, 0.4) is 0 Å². The lowest BCUT2D eigenvalue weighted by molar-refractivity contribution is -0.385. The summed E-state index contributed by atoms with van der Waals surface area (Å²) < 4.78 is 10.7. The number of hydrogen-bond acceptors (Lipinski definition) is 5. The molecule has 2 rings (SSSR count). The van der Waals surface area contributed by atoms with Crippen molar-refractivity contribution < 1.29 is 14.4 Å². The van der Waals surface area contributed by atoms with Crippen molar-refractivity contribution in [2.45, 2.75) is 19.3 Å². The summed E-state index contributed by atoms with van der Waals surface area (Å²) in [4.78, 5) is 10.6. The molecule has 0 aromatic heterocycles. The predicted molar refractivity (Wildman–Crippen MR) is 74.9 cm³/mol. The first-order valence-electron chi connectivity index (χ1n) is 6.69. The standard InChI is InChI=1S/C14H20N2O4/c1-19-13-6-11(5-12(7-13)16(17)18)8-14(9-15)3-2-4-20-10-14/h5-7H,2-4,8-10,15H2,1H3. The van der Waals surface area contributed by atoms with Gasteiger partial charge in [0, 0.05) is 24.6 Å². The van der Waals surface area contributed by atoms with Crippen LogP contribution in [0.5, 0.6) is 5.75 Å². The van der Waals surface area contributed by atoms with Crippen LogP contribution in [0.25, 0.3) is 0 Å². The van der Waals surface area contributed by atoms with Gasteiger partial charge in [-0.05, 0) is 30.9 Å². The van der Waals surface area contributed by atoms with Gasteiger partial charge in [0.05, 0.1) is 24.7 Å². The molecule has 1 saturated heterocycles. The van der Waals surface area contributed by atoms with E-state index in [2.05, 4.69) is 0 Å².